The fourth-order valence-corrected chi connectivity index (χ4v) is 4.25. The summed E-state index contributed by atoms with van der Waals surface area (Å²) >= 11 is 0. The van der Waals surface area contributed by atoms with Crippen LogP contribution in [0.1, 0.15) is 35.7 Å². The maximum atomic E-state index is 13.6. The van der Waals surface area contributed by atoms with E-state index >= 15 is 0 Å². The average molecular weight is 343 g/mol. The lowest BCUT2D eigenvalue weighted by Gasteiger charge is -2.36. The maximum Gasteiger partial charge on any atom is 0.123 e. The summed E-state index contributed by atoms with van der Waals surface area (Å²) in [6.07, 6.45) is 4.10. The molecule has 3 N–H and O–H groups in total. The number of aromatic nitrogens is 2. The zero-order chi connectivity index (χ0) is 17.2. The second-order valence-corrected chi connectivity index (χ2v) is 7.30. The van der Waals surface area contributed by atoms with Crippen molar-refractivity contribution in [2.45, 2.75) is 38.3 Å². The first-order valence-corrected chi connectivity index (χ1v) is 9.16. The fourth-order valence-electron chi connectivity index (χ4n) is 4.25. The van der Waals surface area contributed by atoms with Gasteiger partial charge in [-0.25, -0.2) is 9.37 Å². The summed E-state index contributed by atoms with van der Waals surface area (Å²) in [5.41, 5.74) is 10.2. The maximum absolute atomic E-state index is 13.6. The van der Waals surface area contributed by atoms with Gasteiger partial charge in [0, 0.05) is 30.7 Å². The van der Waals surface area contributed by atoms with Crippen LogP contribution in [-0.4, -0.2) is 40.5 Å². The van der Waals surface area contributed by atoms with Crippen LogP contribution in [0, 0.1) is 18.7 Å². The number of halogens is 1. The largest absolute Gasteiger partial charge is 0.348 e. The van der Waals surface area contributed by atoms with Crippen molar-refractivity contribution < 1.29 is 4.39 Å². The van der Waals surface area contributed by atoms with Crippen molar-refractivity contribution in [3.63, 3.8) is 0 Å². The van der Waals surface area contributed by atoms with Crippen molar-refractivity contribution in [3.05, 3.63) is 53.4 Å². The Morgan fingerprint density at radius 3 is 2.84 bits per heavy atom. The van der Waals surface area contributed by atoms with E-state index in [0.717, 1.165) is 56.0 Å². The van der Waals surface area contributed by atoms with E-state index in [0.29, 0.717) is 17.9 Å². The quantitative estimate of drug-likeness (QED) is 0.798. The number of benzene rings is 1. The fraction of sp³-hybridized carbons (Fsp3) is 0.526. The van der Waals surface area contributed by atoms with Crippen LogP contribution in [-0.2, 0) is 6.54 Å². The van der Waals surface area contributed by atoms with Crippen LogP contribution in [0.15, 0.2) is 30.6 Å². The van der Waals surface area contributed by atoms with Gasteiger partial charge in [-0.2, -0.15) is 0 Å². The number of hydrazine groups is 1. The molecule has 2 fully saturated rings. The Bertz CT molecular complexity index is 707. The van der Waals surface area contributed by atoms with Crippen molar-refractivity contribution >= 4 is 0 Å². The summed E-state index contributed by atoms with van der Waals surface area (Å²) in [5.74, 6) is 0.799. The third-order valence-electron chi connectivity index (χ3n) is 5.75. The molecular formula is C19H26FN5. The third kappa shape index (κ3) is 3.61. The van der Waals surface area contributed by atoms with Gasteiger partial charge in [-0.1, -0.05) is 12.1 Å². The van der Waals surface area contributed by atoms with E-state index in [1.54, 1.807) is 12.4 Å². The van der Waals surface area contributed by atoms with Gasteiger partial charge in [-0.3, -0.25) is 15.8 Å². The molecule has 134 valence electrons. The van der Waals surface area contributed by atoms with Crippen LogP contribution in [0.3, 0.4) is 0 Å². The van der Waals surface area contributed by atoms with Crippen molar-refractivity contribution in [1.29, 1.82) is 0 Å². The molecule has 1 aromatic carbocycles. The second-order valence-electron chi connectivity index (χ2n) is 7.30. The summed E-state index contributed by atoms with van der Waals surface area (Å²) < 4.78 is 13.6. The number of rotatable bonds is 4. The van der Waals surface area contributed by atoms with Crippen LogP contribution >= 0.6 is 0 Å². The van der Waals surface area contributed by atoms with Crippen molar-refractivity contribution in [2.75, 3.05) is 19.6 Å². The Kier molecular flexibility index (Phi) is 4.83. The molecule has 2 aromatic rings. The first-order chi connectivity index (χ1) is 12.2. The first-order valence-electron chi connectivity index (χ1n) is 9.16. The van der Waals surface area contributed by atoms with Gasteiger partial charge < -0.3 is 4.98 Å². The summed E-state index contributed by atoms with van der Waals surface area (Å²) in [6.45, 7) is 6.04. The smallest absolute Gasteiger partial charge is 0.123 e. The van der Waals surface area contributed by atoms with Crippen molar-refractivity contribution in [2.24, 2.45) is 5.92 Å². The predicted octanol–water partition coefficient (Wildman–Crippen LogP) is 2.33. The highest BCUT2D eigenvalue weighted by molar-refractivity contribution is 5.24. The molecule has 2 aliphatic heterocycles. The molecule has 2 unspecified atom stereocenters. The first kappa shape index (κ1) is 16.7. The molecule has 6 heteroatoms. The lowest BCUT2D eigenvalue weighted by Crippen LogP contribution is -2.44. The van der Waals surface area contributed by atoms with Crippen molar-refractivity contribution in [3.8, 4) is 0 Å². The number of imidazole rings is 1. The molecule has 0 radical (unpaired) electrons. The molecule has 1 aromatic heterocycles. The lowest BCUT2D eigenvalue weighted by molar-refractivity contribution is 0.150. The van der Waals surface area contributed by atoms with Gasteiger partial charge in [0.05, 0.1) is 12.0 Å². The number of hydrogen-bond acceptors (Lipinski definition) is 4. The second kappa shape index (κ2) is 7.23. The minimum absolute atomic E-state index is 0.146. The predicted molar refractivity (Wildman–Crippen MR) is 95.4 cm³/mol. The number of aryl methyl sites for hydroxylation is 1. The molecule has 25 heavy (non-hydrogen) atoms. The number of piperidine rings is 1. The highest BCUT2D eigenvalue weighted by atomic mass is 19.1. The van der Waals surface area contributed by atoms with Crippen LogP contribution < -0.4 is 10.9 Å². The highest BCUT2D eigenvalue weighted by Gasteiger charge is 2.36. The van der Waals surface area contributed by atoms with Crippen LogP contribution in [0.4, 0.5) is 4.39 Å². The number of nitrogens with one attached hydrogen (secondary N) is 3. The monoisotopic (exact) mass is 343 g/mol. The van der Waals surface area contributed by atoms with Gasteiger partial charge in [0.15, 0.2) is 0 Å². The number of likely N-dealkylation sites (tertiary alicyclic amines) is 1. The third-order valence-corrected chi connectivity index (χ3v) is 5.75. The number of hydrogen-bond donors (Lipinski definition) is 3. The van der Waals surface area contributed by atoms with Gasteiger partial charge in [0.1, 0.15) is 5.82 Å². The summed E-state index contributed by atoms with van der Waals surface area (Å²) in [4.78, 5) is 10.1. The molecule has 4 rings (SSSR count). The van der Waals surface area contributed by atoms with Gasteiger partial charge in [-0.05, 0) is 56.5 Å². The van der Waals surface area contributed by atoms with Crippen LogP contribution in [0.2, 0.25) is 0 Å². The molecule has 0 spiro atoms. The molecule has 0 aliphatic carbocycles. The normalized spacial score (nSPS) is 25.5. The molecule has 5 nitrogen and oxygen atoms in total. The Morgan fingerprint density at radius 2 is 2.12 bits per heavy atom. The summed E-state index contributed by atoms with van der Waals surface area (Å²) in [6, 6.07) is 7.43. The van der Waals surface area contributed by atoms with Gasteiger partial charge in [-0.15, -0.1) is 0 Å². The van der Waals surface area contributed by atoms with Gasteiger partial charge in [0.2, 0.25) is 0 Å². The van der Waals surface area contributed by atoms with E-state index in [-0.39, 0.29) is 5.82 Å². The lowest BCUT2D eigenvalue weighted by atomic mass is 9.80. The zero-order valence-corrected chi connectivity index (χ0v) is 14.6. The minimum atomic E-state index is -0.146. The number of nitrogens with zero attached hydrogens (tertiary/aromatic N) is 2. The van der Waals surface area contributed by atoms with Gasteiger partial charge in [0.25, 0.3) is 0 Å². The number of H-pyrrole nitrogens is 1. The Hall–Kier alpha value is -1.76. The zero-order valence-electron chi connectivity index (χ0n) is 14.6. The van der Waals surface area contributed by atoms with E-state index < -0.39 is 0 Å². The molecule has 2 atom stereocenters. The molecule has 2 aliphatic rings. The Morgan fingerprint density at radius 1 is 1.28 bits per heavy atom. The van der Waals surface area contributed by atoms with Gasteiger partial charge >= 0.3 is 0 Å². The highest BCUT2D eigenvalue weighted by Crippen LogP contribution is 2.32. The standard InChI is InChI=1S/C19H26FN5/c1-13-18(22-12-21-13)11-25-7-5-14(6-8-25)19-17(10-23-24-19)15-3-2-4-16(20)9-15/h2-4,9,12,14,17,19,23-24H,5-8,10-11H2,1H3,(H,21,22). The molecule has 3 heterocycles. The summed E-state index contributed by atoms with van der Waals surface area (Å²) in [7, 11) is 0. The molecule has 0 bridgehead atoms. The topological polar surface area (TPSA) is 56.0 Å². The molecular weight excluding hydrogens is 317 g/mol. The van der Waals surface area contributed by atoms with E-state index in [1.807, 2.05) is 12.1 Å². The van der Waals surface area contributed by atoms with Crippen LogP contribution in [0.25, 0.3) is 0 Å². The van der Waals surface area contributed by atoms with E-state index in [1.165, 1.54) is 6.07 Å². The summed E-state index contributed by atoms with van der Waals surface area (Å²) in [5, 5.41) is 0. The molecule has 2 saturated heterocycles. The van der Waals surface area contributed by atoms with Crippen molar-refractivity contribution in [1.82, 2.24) is 25.7 Å². The minimum Gasteiger partial charge on any atom is -0.348 e. The molecule has 0 amide bonds. The Balaban J connectivity index is 1.37. The number of aromatic amines is 1. The molecule has 0 saturated carbocycles. The van der Waals surface area contributed by atoms with E-state index in [2.05, 4.69) is 32.6 Å². The van der Waals surface area contributed by atoms with Crippen LogP contribution in [0.5, 0.6) is 0 Å². The Labute approximate surface area is 148 Å². The average Bonchev–Trinajstić information content (AvgIpc) is 3.25. The van der Waals surface area contributed by atoms with E-state index in [4.69, 9.17) is 0 Å². The van der Waals surface area contributed by atoms with E-state index in [9.17, 15) is 4.39 Å². The SMILES string of the molecule is Cc1[nH]cnc1CN1CCC(C2NNCC2c2cccc(F)c2)CC1.